The van der Waals surface area contributed by atoms with E-state index in [0.717, 1.165) is 37.8 Å². The summed E-state index contributed by atoms with van der Waals surface area (Å²) in [5, 5.41) is 3.23. The predicted octanol–water partition coefficient (Wildman–Crippen LogP) is 1.77. The second-order valence-electron chi connectivity index (χ2n) is 6.32. The van der Waals surface area contributed by atoms with E-state index in [1.165, 1.54) is 34.4 Å². The second kappa shape index (κ2) is 5.58. The molecule has 1 amide bonds. The average molecular weight is 343 g/mol. The van der Waals surface area contributed by atoms with E-state index in [1.54, 1.807) is 0 Å². The van der Waals surface area contributed by atoms with Crippen LogP contribution in [0.3, 0.4) is 0 Å². The van der Waals surface area contributed by atoms with Gasteiger partial charge in [0.05, 0.1) is 5.69 Å². The summed E-state index contributed by atoms with van der Waals surface area (Å²) in [6.45, 7) is 3.93. The van der Waals surface area contributed by atoms with Gasteiger partial charge in [-0.2, -0.15) is 0 Å². The van der Waals surface area contributed by atoms with E-state index < -0.39 is 20.7 Å². The topological polar surface area (TPSA) is 79.4 Å². The Hall–Kier alpha value is -0.990. The minimum absolute atomic E-state index is 0.505. The van der Waals surface area contributed by atoms with Crippen LogP contribution < -0.4 is 5.32 Å². The number of hydrogen-bond acceptors (Lipinski definition) is 5. The molecule has 2 aliphatic rings. The molecule has 1 N–H and O–H groups in total. The van der Waals surface area contributed by atoms with Gasteiger partial charge >= 0.3 is 0 Å². The van der Waals surface area contributed by atoms with Gasteiger partial charge in [-0.3, -0.25) is 4.79 Å². The first-order chi connectivity index (χ1) is 10.3. The molecule has 8 heteroatoms. The van der Waals surface area contributed by atoms with Gasteiger partial charge in [0.1, 0.15) is 0 Å². The van der Waals surface area contributed by atoms with Gasteiger partial charge in [0, 0.05) is 18.0 Å². The number of sulfonamides is 1. The van der Waals surface area contributed by atoms with E-state index in [0.29, 0.717) is 18.2 Å². The van der Waals surface area contributed by atoms with Crippen LogP contribution in [0.2, 0.25) is 0 Å². The molecule has 0 unspecified atom stereocenters. The van der Waals surface area contributed by atoms with Crippen LogP contribution in [-0.4, -0.2) is 41.5 Å². The van der Waals surface area contributed by atoms with Crippen LogP contribution in [-0.2, 0) is 27.7 Å². The Morgan fingerprint density at radius 2 is 1.91 bits per heavy atom. The third kappa shape index (κ3) is 2.57. The third-order valence-corrected chi connectivity index (χ3v) is 8.01. The van der Waals surface area contributed by atoms with Gasteiger partial charge in [0.2, 0.25) is 15.9 Å². The van der Waals surface area contributed by atoms with Crippen molar-refractivity contribution in [3.63, 3.8) is 0 Å². The lowest BCUT2D eigenvalue weighted by atomic mass is 10.0. The lowest BCUT2D eigenvalue weighted by molar-refractivity contribution is -0.118. The maximum absolute atomic E-state index is 12.5. The van der Waals surface area contributed by atoms with Gasteiger partial charge in [0.15, 0.2) is 9.88 Å². The molecule has 1 aliphatic heterocycles. The molecule has 3 rings (SSSR count). The van der Waals surface area contributed by atoms with E-state index in [4.69, 9.17) is 0 Å². The van der Waals surface area contributed by atoms with Gasteiger partial charge in [-0.25, -0.2) is 17.7 Å². The average Bonchev–Trinajstić information content (AvgIpc) is 2.77. The number of anilines is 1. The molecule has 1 aliphatic carbocycles. The summed E-state index contributed by atoms with van der Waals surface area (Å²) in [4.78, 5) is 18.1. The second-order valence-corrected chi connectivity index (χ2v) is 9.89. The molecular formula is C14H21N3O3S2. The summed E-state index contributed by atoms with van der Waals surface area (Å²) < 4.78 is 24.9. The molecule has 122 valence electrons. The van der Waals surface area contributed by atoms with E-state index >= 15 is 0 Å². The Labute approximate surface area is 135 Å². The first-order valence-corrected chi connectivity index (χ1v) is 9.88. The number of amides is 1. The van der Waals surface area contributed by atoms with Crippen LogP contribution in [0.1, 0.15) is 43.7 Å². The SMILES string of the molecule is CC(C)(C(=O)Nc1nc2c(s1)CCCC2)S(=O)(=O)N1CCC1. The van der Waals surface area contributed by atoms with Crippen LogP contribution in [0.4, 0.5) is 5.13 Å². The molecule has 2 heterocycles. The number of fused-ring (bicyclic) bond motifs is 1. The maximum Gasteiger partial charge on any atom is 0.248 e. The zero-order valence-electron chi connectivity index (χ0n) is 12.9. The summed E-state index contributed by atoms with van der Waals surface area (Å²) in [5.41, 5.74) is 1.05. The number of carbonyl (C=O) groups excluding carboxylic acids is 1. The van der Waals surface area contributed by atoms with Gasteiger partial charge in [-0.05, 0) is 46.0 Å². The highest BCUT2D eigenvalue weighted by Crippen LogP contribution is 2.31. The Morgan fingerprint density at radius 3 is 2.50 bits per heavy atom. The maximum atomic E-state index is 12.5. The van der Waals surface area contributed by atoms with Gasteiger partial charge in [-0.1, -0.05) is 0 Å². The summed E-state index contributed by atoms with van der Waals surface area (Å²) in [6.07, 6.45) is 5.07. The minimum atomic E-state index is -3.63. The standard InChI is InChI=1S/C14H21N3O3S2/c1-14(2,22(19,20)17-8-5-9-17)12(18)16-13-15-10-6-3-4-7-11(10)21-13/h3-9H2,1-2H3,(H,15,16,18). The number of rotatable bonds is 4. The van der Waals surface area contributed by atoms with Gasteiger partial charge < -0.3 is 5.32 Å². The van der Waals surface area contributed by atoms with Gasteiger partial charge in [0.25, 0.3) is 0 Å². The molecule has 1 aromatic heterocycles. The number of aryl methyl sites for hydroxylation is 2. The Balaban J connectivity index is 1.77. The lowest BCUT2D eigenvalue weighted by Gasteiger charge is -2.36. The quantitative estimate of drug-likeness (QED) is 0.904. The van der Waals surface area contributed by atoms with Crippen molar-refractivity contribution in [2.24, 2.45) is 0 Å². The zero-order valence-corrected chi connectivity index (χ0v) is 14.5. The van der Waals surface area contributed by atoms with Crippen LogP contribution in [0.5, 0.6) is 0 Å². The summed E-state index contributed by atoms with van der Waals surface area (Å²) in [5.74, 6) is -0.509. The zero-order chi connectivity index (χ0) is 16.0. The van der Waals surface area contributed by atoms with Crippen LogP contribution >= 0.6 is 11.3 Å². The Morgan fingerprint density at radius 1 is 1.23 bits per heavy atom. The molecular weight excluding hydrogens is 322 g/mol. The highest BCUT2D eigenvalue weighted by Gasteiger charge is 2.47. The lowest BCUT2D eigenvalue weighted by Crippen LogP contribution is -2.55. The molecule has 0 saturated carbocycles. The molecule has 22 heavy (non-hydrogen) atoms. The largest absolute Gasteiger partial charge is 0.301 e. The van der Waals surface area contributed by atoms with Gasteiger partial charge in [-0.15, -0.1) is 11.3 Å². The van der Waals surface area contributed by atoms with Crippen LogP contribution in [0.25, 0.3) is 0 Å². The molecule has 6 nitrogen and oxygen atoms in total. The highest BCUT2D eigenvalue weighted by atomic mass is 32.2. The molecule has 1 aromatic rings. The van der Waals surface area contributed by atoms with Crippen LogP contribution in [0.15, 0.2) is 0 Å². The summed E-state index contributed by atoms with van der Waals surface area (Å²) in [7, 11) is -3.63. The number of hydrogen-bond donors (Lipinski definition) is 1. The number of nitrogens with zero attached hydrogens (tertiary/aromatic N) is 2. The van der Waals surface area contributed by atoms with Crippen molar-refractivity contribution in [2.45, 2.75) is 50.7 Å². The molecule has 0 atom stereocenters. The summed E-state index contributed by atoms with van der Waals surface area (Å²) >= 11 is 1.47. The monoisotopic (exact) mass is 343 g/mol. The van der Waals surface area contributed by atoms with Crippen LogP contribution in [0, 0.1) is 0 Å². The Bertz CT molecular complexity index is 667. The van der Waals surface area contributed by atoms with E-state index in [2.05, 4.69) is 10.3 Å². The molecule has 1 saturated heterocycles. The van der Waals surface area contributed by atoms with Crippen molar-refractivity contribution in [3.8, 4) is 0 Å². The molecule has 0 spiro atoms. The first-order valence-electron chi connectivity index (χ1n) is 7.62. The van der Waals surface area contributed by atoms with Crippen molar-refractivity contribution in [3.05, 3.63) is 10.6 Å². The first kappa shape index (κ1) is 15.9. The van der Waals surface area contributed by atoms with E-state index in [1.807, 2.05) is 0 Å². The van der Waals surface area contributed by atoms with Crippen molar-refractivity contribution < 1.29 is 13.2 Å². The fraction of sp³-hybridized carbons (Fsp3) is 0.714. The number of aromatic nitrogens is 1. The van der Waals surface area contributed by atoms with Crippen molar-refractivity contribution in [2.75, 3.05) is 18.4 Å². The number of thiazole rings is 1. The van der Waals surface area contributed by atoms with E-state index in [-0.39, 0.29) is 0 Å². The number of carbonyl (C=O) groups is 1. The highest BCUT2D eigenvalue weighted by molar-refractivity contribution is 7.91. The minimum Gasteiger partial charge on any atom is -0.301 e. The summed E-state index contributed by atoms with van der Waals surface area (Å²) in [6, 6.07) is 0. The smallest absolute Gasteiger partial charge is 0.248 e. The predicted molar refractivity (Wildman–Crippen MR) is 86.6 cm³/mol. The molecule has 0 aromatic carbocycles. The molecule has 0 radical (unpaired) electrons. The number of nitrogens with one attached hydrogen (secondary N) is 1. The van der Waals surface area contributed by atoms with Crippen molar-refractivity contribution >= 4 is 32.4 Å². The third-order valence-electron chi connectivity index (χ3n) is 4.41. The fourth-order valence-electron chi connectivity index (χ4n) is 2.62. The Kier molecular flexibility index (Phi) is 4.03. The van der Waals surface area contributed by atoms with E-state index in [9.17, 15) is 13.2 Å². The van der Waals surface area contributed by atoms with Crippen molar-refractivity contribution in [1.82, 2.24) is 9.29 Å². The fourth-order valence-corrected chi connectivity index (χ4v) is 5.34. The van der Waals surface area contributed by atoms with Crippen molar-refractivity contribution in [1.29, 1.82) is 0 Å². The normalized spacial score (nSPS) is 19.4. The molecule has 1 fully saturated rings. The molecule has 0 bridgehead atoms.